The van der Waals surface area contributed by atoms with Crippen molar-refractivity contribution in [1.29, 1.82) is 0 Å². The number of carbonyl (C=O) groups excluding carboxylic acids is 2. The van der Waals surface area contributed by atoms with Gasteiger partial charge in [0.1, 0.15) is 11.9 Å². The van der Waals surface area contributed by atoms with Gasteiger partial charge < -0.3 is 0 Å². The summed E-state index contributed by atoms with van der Waals surface area (Å²) in [5, 5.41) is 0. The molecule has 0 spiro atoms. The minimum atomic E-state index is -0.525. The molecule has 3 rings (SSSR count). The van der Waals surface area contributed by atoms with Gasteiger partial charge in [-0.25, -0.2) is 14.3 Å². The third-order valence-electron chi connectivity index (χ3n) is 3.11. The lowest BCUT2D eigenvalue weighted by molar-refractivity contribution is -0.676. The van der Waals surface area contributed by atoms with Crippen molar-refractivity contribution in [2.24, 2.45) is 4.99 Å². The van der Waals surface area contributed by atoms with E-state index in [4.69, 9.17) is 0 Å². The van der Waals surface area contributed by atoms with Crippen LogP contribution >= 0.6 is 0 Å². The maximum absolute atomic E-state index is 12.1. The standard InChI is InChI=1S/C10H11N5O2/c1-5-4-15-6-7(12-9(15)11-5)13(2)10(17)14(3)8(6)16/h4,6H,1-3H3/p+1. The Hall–Kier alpha value is -2.18. The van der Waals surface area contributed by atoms with E-state index in [-0.39, 0.29) is 11.9 Å². The molecule has 2 aliphatic rings. The van der Waals surface area contributed by atoms with Crippen LogP contribution in [0.3, 0.4) is 0 Å². The number of imidazole rings is 1. The number of H-pyrrole nitrogens is 1. The summed E-state index contributed by atoms with van der Waals surface area (Å²) >= 11 is 0. The van der Waals surface area contributed by atoms with Gasteiger partial charge in [0.2, 0.25) is 11.9 Å². The number of rotatable bonds is 0. The highest BCUT2D eigenvalue weighted by molar-refractivity contribution is 6.18. The van der Waals surface area contributed by atoms with Gasteiger partial charge in [0, 0.05) is 14.1 Å². The second-order valence-corrected chi connectivity index (χ2v) is 4.28. The summed E-state index contributed by atoms with van der Waals surface area (Å²) in [5.74, 6) is 0.824. The SMILES string of the molecule is Cc1c[n+]2c([nH]1)N=C1C2C(=O)N(C)C(=O)N1C. The summed E-state index contributed by atoms with van der Waals surface area (Å²) in [7, 11) is 3.10. The van der Waals surface area contributed by atoms with Crippen LogP contribution in [0.25, 0.3) is 0 Å². The van der Waals surface area contributed by atoms with E-state index in [2.05, 4.69) is 9.98 Å². The molecule has 1 N–H and O–H groups in total. The number of aliphatic imine (C=N–C) groups is 1. The second kappa shape index (κ2) is 2.93. The molecular weight excluding hydrogens is 222 g/mol. The Morgan fingerprint density at radius 3 is 2.76 bits per heavy atom. The van der Waals surface area contributed by atoms with E-state index >= 15 is 0 Å². The van der Waals surface area contributed by atoms with Crippen LogP contribution in [0, 0.1) is 6.92 Å². The van der Waals surface area contributed by atoms with Gasteiger partial charge in [-0.3, -0.25) is 14.6 Å². The van der Waals surface area contributed by atoms with Crippen LogP contribution in [0.4, 0.5) is 10.7 Å². The van der Waals surface area contributed by atoms with Gasteiger partial charge in [-0.2, -0.15) is 0 Å². The van der Waals surface area contributed by atoms with Crippen LogP contribution in [0.15, 0.2) is 11.2 Å². The largest absolute Gasteiger partial charge is 0.399 e. The number of likely N-dealkylation sites (N-methyl/N-ethyl adjacent to an activating group) is 2. The Labute approximate surface area is 97.4 Å². The summed E-state index contributed by atoms with van der Waals surface area (Å²) < 4.78 is 1.76. The summed E-state index contributed by atoms with van der Waals surface area (Å²) in [6.07, 6.45) is 1.83. The molecule has 3 amide bonds. The number of aromatic nitrogens is 2. The lowest BCUT2D eigenvalue weighted by Crippen LogP contribution is -2.61. The fourth-order valence-corrected chi connectivity index (χ4v) is 2.21. The maximum atomic E-state index is 12.1. The van der Waals surface area contributed by atoms with Crippen LogP contribution in [0.2, 0.25) is 0 Å². The quantitative estimate of drug-likeness (QED) is 0.627. The van der Waals surface area contributed by atoms with Gasteiger partial charge in [-0.15, -0.1) is 0 Å². The minimum absolute atomic E-state index is 0.255. The zero-order valence-corrected chi connectivity index (χ0v) is 9.76. The fraction of sp³-hybridized carbons (Fsp3) is 0.400. The molecule has 17 heavy (non-hydrogen) atoms. The number of aryl methyl sites for hydroxylation is 1. The first-order chi connectivity index (χ1) is 8.00. The van der Waals surface area contributed by atoms with Crippen molar-refractivity contribution in [2.45, 2.75) is 13.0 Å². The zero-order valence-electron chi connectivity index (χ0n) is 9.76. The summed E-state index contributed by atoms with van der Waals surface area (Å²) in [6.45, 7) is 1.90. The molecular formula is C10H12N5O2+. The topological polar surface area (TPSA) is 72.6 Å². The Kier molecular flexibility index (Phi) is 1.73. The molecule has 0 aromatic carbocycles. The molecule has 0 bridgehead atoms. The number of carbonyl (C=O) groups is 2. The number of nitrogens with one attached hydrogen (secondary N) is 1. The summed E-state index contributed by atoms with van der Waals surface area (Å²) in [6, 6.07) is -0.880. The smallest absolute Gasteiger partial charge is 0.270 e. The van der Waals surface area contributed by atoms with Gasteiger partial charge in [0.25, 0.3) is 5.91 Å². The highest BCUT2D eigenvalue weighted by atomic mass is 16.2. The molecule has 1 atom stereocenters. The Bertz CT molecular complexity index is 573. The average Bonchev–Trinajstić information content (AvgIpc) is 2.79. The Morgan fingerprint density at radius 2 is 2.06 bits per heavy atom. The molecule has 0 aliphatic carbocycles. The van der Waals surface area contributed by atoms with E-state index in [1.165, 1.54) is 11.9 Å². The molecule has 88 valence electrons. The lowest BCUT2D eigenvalue weighted by atomic mass is 10.2. The summed E-state index contributed by atoms with van der Waals surface area (Å²) in [5.41, 5.74) is 0.929. The van der Waals surface area contributed by atoms with Gasteiger partial charge >= 0.3 is 12.0 Å². The maximum Gasteiger partial charge on any atom is 0.399 e. The predicted molar refractivity (Wildman–Crippen MR) is 57.8 cm³/mol. The van der Waals surface area contributed by atoms with Crippen LogP contribution in [0.1, 0.15) is 11.7 Å². The van der Waals surface area contributed by atoms with E-state index < -0.39 is 6.04 Å². The van der Waals surface area contributed by atoms with Gasteiger partial charge in [-0.05, 0) is 6.92 Å². The minimum Gasteiger partial charge on any atom is -0.270 e. The fourth-order valence-electron chi connectivity index (χ4n) is 2.21. The number of fused-ring (bicyclic) bond motifs is 3. The number of imide groups is 1. The van der Waals surface area contributed by atoms with Gasteiger partial charge in [0.05, 0.1) is 0 Å². The number of hydrogen-bond acceptors (Lipinski definition) is 3. The third kappa shape index (κ3) is 1.10. The van der Waals surface area contributed by atoms with Crippen LogP contribution in [0.5, 0.6) is 0 Å². The molecule has 0 saturated carbocycles. The number of aromatic amines is 1. The molecule has 1 aromatic heterocycles. The first-order valence-electron chi connectivity index (χ1n) is 5.25. The molecule has 7 nitrogen and oxygen atoms in total. The summed E-state index contributed by atoms with van der Waals surface area (Å²) in [4.78, 5) is 33.7. The molecule has 1 saturated heterocycles. The van der Waals surface area contributed by atoms with Gasteiger partial charge in [0.15, 0.2) is 0 Å². The van der Waals surface area contributed by atoms with Crippen LogP contribution < -0.4 is 4.57 Å². The molecule has 3 heterocycles. The average molecular weight is 234 g/mol. The monoisotopic (exact) mass is 234 g/mol. The predicted octanol–water partition coefficient (Wildman–Crippen LogP) is -0.281. The molecule has 1 aromatic rings. The lowest BCUT2D eigenvalue weighted by Gasteiger charge is -2.30. The van der Waals surface area contributed by atoms with Crippen molar-refractivity contribution in [3.05, 3.63) is 11.9 Å². The van der Waals surface area contributed by atoms with Crippen LogP contribution in [-0.2, 0) is 4.79 Å². The number of amides is 3. The molecule has 1 unspecified atom stereocenters. The normalized spacial score (nSPS) is 22.8. The van der Waals surface area contributed by atoms with Crippen molar-refractivity contribution in [2.75, 3.05) is 14.1 Å². The first kappa shape index (κ1) is 10.0. The van der Waals surface area contributed by atoms with Crippen LogP contribution in [-0.4, -0.2) is 46.7 Å². The highest BCUT2D eigenvalue weighted by Gasteiger charge is 2.51. The van der Waals surface area contributed by atoms with E-state index in [0.717, 1.165) is 10.6 Å². The Balaban J connectivity index is 2.16. The van der Waals surface area contributed by atoms with Crippen molar-refractivity contribution in [3.8, 4) is 0 Å². The van der Waals surface area contributed by atoms with Crippen molar-refractivity contribution in [3.63, 3.8) is 0 Å². The van der Waals surface area contributed by atoms with E-state index in [1.807, 2.05) is 13.1 Å². The number of nitrogens with zero attached hydrogens (tertiary/aromatic N) is 4. The van der Waals surface area contributed by atoms with E-state index in [0.29, 0.717) is 11.8 Å². The van der Waals surface area contributed by atoms with E-state index in [1.54, 1.807) is 11.6 Å². The molecule has 0 radical (unpaired) electrons. The molecule has 2 aliphatic heterocycles. The molecule has 1 fully saturated rings. The van der Waals surface area contributed by atoms with E-state index in [9.17, 15) is 9.59 Å². The van der Waals surface area contributed by atoms with Crippen molar-refractivity contribution >= 4 is 23.7 Å². The number of hydrogen-bond donors (Lipinski definition) is 1. The first-order valence-corrected chi connectivity index (χ1v) is 5.25. The molecule has 7 heteroatoms. The number of urea groups is 1. The van der Waals surface area contributed by atoms with Crippen molar-refractivity contribution in [1.82, 2.24) is 14.8 Å². The van der Waals surface area contributed by atoms with Crippen molar-refractivity contribution < 1.29 is 14.2 Å². The Morgan fingerprint density at radius 1 is 1.35 bits per heavy atom. The zero-order chi connectivity index (χ0) is 12.3. The number of amidine groups is 1. The third-order valence-corrected chi connectivity index (χ3v) is 3.11. The second-order valence-electron chi connectivity index (χ2n) is 4.28. The highest BCUT2D eigenvalue weighted by Crippen LogP contribution is 2.25. The van der Waals surface area contributed by atoms with Gasteiger partial charge in [-0.1, -0.05) is 4.99 Å².